The van der Waals surface area contributed by atoms with Gasteiger partial charge in [0.05, 0.1) is 6.04 Å². The van der Waals surface area contributed by atoms with Crippen molar-refractivity contribution in [2.24, 2.45) is 5.92 Å². The SMILES string of the molecule is CC1CCNC1C(=O)N1CCN(c2ccccn2)CC1. The van der Waals surface area contributed by atoms with E-state index in [9.17, 15) is 4.79 Å². The van der Waals surface area contributed by atoms with Gasteiger partial charge in [-0.05, 0) is 31.0 Å². The fraction of sp³-hybridized carbons (Fsp3) is 0.600. The van der Waals surface area contributed by atoms with Crippen LogP contribution in [0.5, 0.6) is 0 Å². The summed E-state index contributed by atoms with van der Waals surface area (Å²) in [7, 11) is 0. The second kappa shape index (κ2) is 5.79. The number of carbonyl (C=O) groups is 1. The summed E-state index contributed by atoms with van der Waals surface area (Å²) in [5.74, 6) is 1.74. The Balaban J connectivity index is 1.57. The molecule has 1 N–H and O–H groups in total. The maximum Gasteiger partial charge on any atom is 0.240 e. The van der Waals surface area contributed by atoms with Crippen LogP contribution in [0.2, 0.25) is 0 Å². The maximum atomic E-state index is 12.5. The van der Waals surface area contributed by atoms with Crippen LogP contribution in [0.25, 0.3) is 0 Å². The number of pyridine rings is 1. The third-order valence-corrected chi connectivity index (χ3v) is 4.36. The molecular formula is C15H22N4O. The van der Waals surface area contributed by atoms with E-state index in [1.54, 1.807) is 0 Å². The van der Waals surface area contributed by atoms with Crippen molar-refractivity contribution in [1.29, 1.82) is 0 Å². The lowest BCUT2D eigenvalue weighted by molar-refractivity contribution is -0.134. The standard InChI is InChI=1S/C15H22N4O/c1-12-5-7-17-14(12)15(20)19-10-8-18(9-11-19)13-4-2-3-6-16-13/h2-4,6,12,14,17H,5,7-11H2,1H3. The number of anilines is 1. The lowest BCUT2D eigenvalue weighted by atomic mass is 10.0. The van der Waals surface area contributed by atoms with Gasteiger partial charge in [-0.15, -0.1) is 0 Å². The Labute approximate surface area is 120 Å². The largest absolute Gasteiger partial charge is 0.353 e. The molecule has 0 bridgehead atoms. The molecule has 5 nitrogen and oxygen atoms in total. The number of amides is 1. The van der Waals surface area contributed by atoms with E-state index in [-0.39, 0.29) is 11.9 Å². The summed E-state index contributed by atoms with van der Waals surface area (Å²) in [4.78, 5) is 21.1. The van der Waals surface area contributed by atoms with E-state index in [1.165, 1.54) is 0 Å². The number of nitrogens with zero attached hydrogens (tertiary/aromatic N) is 3. The summed E-state index contributed by atoms with van der Waals surface area (Å²) in [6.07, 6.45) is 2.92. The number of hydrogen-bond donors (Lipinski definition) is 1. The molecule has 0 spiro atoms. The Morgan fingerprint density at radius 1 is 1.30 bits per heavy atom. The van der Waals surface area contributed by atoms with Crippen molar-refractivity contribution in [3.05, 3.63) is 24.4 Å². The van der Waals surface area contributed by atoms with Crippen LogP contribution in [-0.4, -0.2) is 54.6 Å². The second-order valence-electron chi connectivity index (χ2n) is 5.70. The van der Waals surface area contributed by atoms with Crippen LogP contribution < -0.4 is 10.2 Å². The molecule has 3 heterocycles. The van der Waals surface area contributed by atoms with Gasteiger partial charge in [0, 0.05) is 32.4 Å². The molecule has 1 aromatic heterocycles. The zero-order chi connectivity index (χ0) is 13.9. The van der Waals surface area contributed by atoms with Crippen molar-refractivity contribution in [3.8, 4) is 0 Å². The van der Waals surface area contributed by atoms with E-state index in [0.717, 1.165) is 45.0 Å². The van der Waals surface area contributed by atoms with Crippen LogP contribution >= 0.6 is 0 Å². The van der Waals surface area contributed by atoms with Crippen molar-refractivity contribution in [2.75, 3.05) is 37.6 Å². The molecule has 2 unspecified atom stereocenters. The predicted molar refractivity (Wildman–Crippen MR) is 78.6 cm³/mol. The number of rotatable bonds is 2. The molecular weight excluding hydrogens is 252 g/mol. The minimum Gasteiger partial charge on any atom is -0.353 e. The molecule has 1 aromatic rings. The molecule has 2 fully saturated rings. The molecule has 2 atom stereocenters. The first-order valence-corrected chi connectivity index (χ1v) is 7.44. The number of piperazine rings is 1. The van der Waals surface area contributed by atoms with Gasteiger partial charge in [0.1, 0.15) is 5.82 Å². The topological polar surface area (TPSA) is 48.5 Å². The summed E-state index contributed by atoms with van der Waals surface area (Å²) in [5, 5.41) is 3.33. The van der Waals surface area contributed by atoms with Crippen molar-refractivity contribution in [3.63, 3.8) is 0 Å². The first-order chi connectivity index (χ1) is 9.75. The van der Waals surface area contributed by atoms with Gasteiger partial charge in [0.2, 0.25) is 5.91 Å². The minimum atomic E-state index is 0.0244. The molecule has 0 aliphatic carbocycles. The Bertz CT molecular complexity index is 456. The van der Waals surface area contributed by atoms with Crippen LogP contribution in [0.1, 0.15) is 13.3 Å². The summed E-state index contributed by atoms with van der Waals surface area (Å²) in [6.45, 7) is 6.44. The first-order valence-electron chi connectivity index (χ1n) is 7.44. The molecule has 3 rings (SSSR count). The highest BCUT2D eigenvalue weighted by molar-refractivity contribution is 5.82. The first kappa shape index (κ1) is 13.4. The Morgan fingerprint density at radius 2 is 2.10 bits per heavy atom. The zero-order valence-electron chi connectivity index (χ0n) is 12.0. The third-order valence-electron chi connectivity index (χ3n) is 4.36. The summed E-state index contributed by atoms with van der Waals surface area (Å²) in [6, 6.07) is 5.98. The summed E-state index contributed by atoms with van der Waals surface area (Å²) in [5.41, 5.74) is 0. The van der Waals surface area contributed by atoms with Crippen LogP contribution in [-0.2, 0) is 4.79 Å². The molecule has 5 heteroatoms. The Kier molecular flexibility index (Phi) is 3.87. The molecule has 0 saturated carbocycles. The molecule has 0 radical (unpaired) electrons. The van der Waals surface area contributed by atoms with E-state index < -0.39 is 0 Å². The van der Waals surface area contributed by atoms with Crippen LogP contribution in [0.4, 0.5) is 5.82 Å². The van der Waals surface area contributed by atoms with Crippen LogP contribution in [0, 0.1) is 5.92 Å². The molecule has 1 amide bonds. The number of aromatic nitrogens is 1. The number of nitrogens with one attached hydrogen (secondary N) is 1. The molecule has 0 aromatic carbocycles. The molecule has 2 aliphatic rings. The monoisotopic (exact) mass is 274 g/mol. The highest BCUT2D eigenvalue weighted by Crippen LogP contribution is 2.18. The van der Waals surface area contributed by atoms with Crippen LogP contribution in [0.3, 0.4) is 0 Å². The minimum absolute atomic E-state index is 0.0244. The average molecular weight is 274 g/mol. The van der Waals surface area contributed by atoms with Gasteiger partial charge in [-0.2, -0.15) is 0 Å². The smallest absolute Gasteiger partial charge is 0.240 e. The molecule has 2 aliphatic heterocycles. The van der Waals surface area contributed by atoms with Gasteiger partial charge in [0.25, 0.3) is 0 Å². The highest BCUT2D eigenvalue weighted by Gasteiger charge is 2.33. The molecule has 20 heavy (non-hydrogen) atoms. The lowest BCUT2D eigenvalue weighted by Gasteiger charge is -2.37. The zero-order valence-corrected chi connectivity index (χ0v) is 12.0. The van der Waals surface area contributed by atoms with Crippen molar-refractivity contribution in [1.82, 2.24) is 15.2 Å². The van der Waals surface area contributed by atoms with Gasteiger partial charge in [-0.3, -0.25) is 4.79 Å². The van der Waals surface area contributed by atoms with Crippen molar-refractivity contribution in [2.45, 2.75) is 19.4 Å². The summed E-state index contributed by atoms with van der Waals surface area (Å²) >= 11 is 0. The van der Waals surface area contributed by atoms with Gasteiger partial charge in [0.15, 0.2) is 0 Å². The Hall–Kier alpha value is -1.62. The summed E-state index contributed by atoms with van der Waals surface area (Å²) < 4.78 is 0. The molecule has 108 valence electrons. The van der Waals surface area contributed by atoms with Gasteiger partial charge in [-0.25, -0.2) is 4.98 Å². The van der Waals surface area contributed by atoms with E-state index in [0.29, 0.717) is 5.92 Å². The average Bonchev–Trinajstić information content (AvgIpc) is 2.94. The van der Waals surface area contributed by atoms with Crippen molar-refractivity contribution >= 4 is 11.7 Å². The van der Waals surface area contributed by atoms with Crippen LogP contribution in [0.15, 0.2) is 24.4 Å². The van der Waals surface area contributed by atoms with Gasteiger partial charge in [-0.1, -0.05) is 13.0 Å². The Morgan fingerprint density at radius 3 is 2.70 bits per heavy atom. The number of carbonyl (C=O) groups excluding carboxylic acids is 1. The van der Waals surface area contributed by atoms with Crippen molar-refractivity contribution < 1.29 is 4.79 Å². The van der Waals surface area contributed by atoms with E-state index in [1.807, 2.05) is 29.3 Å². The maximum absolute atomic E-state index is 12.5. The molecule has 2 saturated heterocycles. The van der Waals surface area contributed by atoms with Gasteiger partial charge >= 0.3 is 0 Å². The number of hydrogen-bond acceptors (Lipinski definition) is 4. The second-order valence-corrected chi connectivity index (χ2v) is 5.70. The third kappa shape index (κ3) is 2.63. The predicted octanol–water partition coefficient (Wildman–Crippen LogP) is 0.728. The quantitative estimate of drug-likeness (QED) is 0.863. The van der Waals surface area contributed by atoms with E-state index >= 15 is 0 Å². The van der Waals surface area contributed by atoms with E-state index in [2.05, 4.69) is 22.1 Å². The van der Waals surface area contributed by atoms with E-state index in [4.69, 9.17) is 0 Å². The van der Waals surface area contributed by atoms with Gasteiger partial charge < -0.3 is 15.1 Å². The highest BCUT2D eigenvalue weighted by atomic mass is 16.2. The fourth-order valence-corrected chi connectivity index (χ4v) is 3.06. The fourth-order valence-electron chi connectivity index (χ4n) is 3.06. The lowest BCUT2D eigenvalue weighted by Crippen LogP contribution is -2.54. The normalized spacial score (nSPS) is 26.9.